The first-order valence-corrected chi connectivity index (χ1v) is 8.41. The van der Waals surface area contributed by atoms with Crippen molar-refractivity contribution in [2.45, 2.75) is 0 Å². The molecule has 0 radical (unpaired) electrons. The summed E-state index contributed by atoms with van der Waals surface area (Å²) in [5.74, 6) is 0. The summed E-state index contributed by atoms with van der Waals surface area (Å²) in [5.41, 5.74) is 9.10. The first-order valence-electron chi connectivity index (χ1n) is 2.80. The van der Waals surface area contributed by atoms with E-state index in [-0.39, 0.29) is 13.5 Å². The lowest BCUT2D eigenvalue weighted by atomic mass is 13.9. The van der Waals surface area contributed by atoms with Crippen molar-refractivity contribution in [3.05, 3.63) is 0 Å². The third-order valence-electron chi connectivity index (χ3n) is 0.418. The molecule has 12 nitrogen and oxygen atoms in total. The molecule has 0 saturated carbocycles. The van der Waals surface area contributed by atoms with Gasteiger partial charge in [0.2, 0.25) is 0 Å². The maximum Gasteiger partial charge on any atom is 0.339 e. The molecule has 0 aromatic carbocycles. The number of hydrogen-bond acceptors (Lipinski definition) is 8. The third-order valence-corrected chi connectivity index (χ3v) is 3.76. The first kappa shape index (κ1) is 22.9. The highest BCUT2D eigenvalue weighted by atomic mass is 32.2. The van der Waals surface area contributed by atoms with Crippen molar-refractivity contribution in [1.29, 1.82) is 0 Å². The van der Waals surface area contributed by atoms with Crippen LogP contribution >= 0.6 is 30.4 Å². The Kier molecular flexibility index (Phi) is 13.1. The Morgan fingerprint density at radius 1 is 0.824 bits per heavy atom. The second-order valence-electron chi connectivity index (χ2n) is 1.82. The molecule has 0 spiro atoms. The Hall–Kier alpha value is 0.790. The predicted octanol–water partition coefficient (Wildman–Crippen LogP) is -2.77. The highest BCUT2D eigenvalue weighted by Crippen LogP contribution is 2.10. The number of rotatable bonds is 4. The van der Waals surface area contributed by atoms with Gasteiger partial charge in [-0.2, -0.15) is 30.3 Å². The fourth-order valence-electron chi connectivity index (χ4n) is 0.236. The van der Waals surface area contributed by atoms with Gasteiger partial charge in [-0.15, -0.1) is 8.99 Å². The minimum Gasteiger partial charge on any atom is -0.347 e. The van der Waals surface area contributed by atoms with Gasteiger partial charge in [0.25, 0.3) is 0 Å². The molecule has 2 unspecified atom stereocenters. The molecule has 0 aliphatic rings. The summed E-state index contributed by atoms with van der Waals surface area (Å²) < 4.78 is 56.9. The highest BCUT2D eigenvalue weighted by molar-refractivity contribution is 7.89. The standard InChI is InChI=1S/2H5N2O4PS.H2S/c2*1-7(3)2-8(4,5)6;/h2*2-3H,1H2,(H,4,5,6);1H2. The van der Waals surface area contributed by atoms with Gasteiger partial charge < -0.3 is 9.79 Å². The summed E-state index contributed by atoms with van der Waals surface area (Å²) in [5, 5.41) is 0. The summed E-state index contributed by atoms with van der Waals surface area (Å²) in [6.07, 6.45) is 0. The second-order valence-corrected chi connectivity index (χ2v) is 6.56. The Labute approximate surface area is 107 Å². The molecular weight excluding hydrogens is 342 g/mol. The van der Waals surface area contributed by atoms with Gasteiger partial charge >= 0.3 is 20.6 Å². The molecule has 17 heavy (non-hydrogen) atoms. The van der Waals surface area contributed by atoms with Gasteiger partial charge in [-0.05, 0) is 0 Å². The molecule has 17 heteroatoms. The Morgan fingerprint density at radius 2 is 1.00 bits per heavy atom. The maximum absolute atomic E-state index is 9.66. The zero-order valence-electron chi connectivity index (χ0n) is 7.79. The lowest BCUT2D eigenvalue weighted by Crippen LogP contribution is -2.19. The SMILES string of the molecule is NP(O)NS(=O)(=O)O.NP(O)NS(=O)(=O)O.S. The summed E-state index contributed by atoms with van der Waals surface area (Å²) in [4.78, 5) is 16.2. The van der Waals surface area contributed by atoms with Crippen molar-refractivity contribution >= 4 is 51.0 Å². The summed E-state index contributed by atoms with van der Waals surface area (Å²) in [7, 11) is -13.2. The summed E-state index contributed by atoms with van der Waals surface area (Å²) in [6.45, 7) is 0. The third kappa shape index (κ3) is 31.5. The van der Waals surface area contributed by atoms with E-state index in [4.69, 9.17) is 18.9 Å². The Morgan fingerprint density at radius 3 is 1.00 bits per heavy atom. The van der Waals surface area contributed by atoms with Crippen LogP contribution in [-0.4, -0.2) is 35.7 Å². The fourth-order valence-corrected chi connectivity index (χ4v) is 2.13. The molecule has 0 aliphatic heterocycles. The number of nitrogens with one attached hydrogen (secondary N) is 2. The van der Waals surface area contributed by atoms with Crippen LogP contribution in [0.1, 0.15) is 0 Å². The van der Waals surface area contributed by atoms with Gasteiger partial charge in [-0.3, -0.25) is 20.1 Å². The van der Waals surface area contributed by atoms with Gasteiger partial charge in [0.1, 0.15) is 0 Å². The van der Waals surface area contributed by atoms with Crippen molar-refractivity contribution < 1.29 is 35.7 Å². The monoisotopic (exact) mass is 354 g/mol. The van der Waals surface area contributed by atoms with Crippen LogP contribution in [0, 0.1) is 0 Å². The lowest BCUT2D eigenvalue weighted by Gasteiger charge is -1.99. The predicted molar refractivity (Wildman–Crippen MR) is 66.4 cm³/mol. The molecule has 0 fully saturated rings. The van der Waals surface area contributed by atoms with Crippen LogP contribution in [0.5, 0.6) is 0 Å². The van der Waals surface area contributed by atoms with Gasteiger partial charge in [0.15, 0.2) is 16.9 Å². The summed E-state index contributed by atoms with van der Waals surface area (Å²) >= 11 is 0. The van der Waals surface area contributed by atoms with Crippen molar-refractivity contribution in [3.8, 4) is 0 Å². The summed E-state index contributed by atoms with van der Waals surface area (Å²) in [6, 6.07) is 0. The molecule has 0 saturated heterocycles. The van der Waals surface area contributed by atoms with E-state index in [1.807, 2.05) is 0 Å². The molecule has 0 heterocycles. The van der Waals surface area contributed by atoms with E-state index in [0.29, 0.717) is 0 Å². The largest absolute Gasteiger partial charge is 0.347 e. The van der Waals surface area contributed by atoms with E-state index >= 15 is 0 Å². The van der Waals surface area contributed by atoms with Crippen LogP contribution < -0.4 is 20.0 Å². The molecular formula is H12N4O8P2S3. The van der Waals surface area contributed by atoms with Crippen molar-refractivity contribution in [2.24, 2.45) is 11.0 Å². The minimum atomic E-state index is -4.32. The van der Waals surface area contributed by atoms with E-state index in [1.165, 1.54) is 8.99 Å². The molecule has 2 atom stereocenters. The Bertz CT molecular complexity index is 336. The van der Waals surface area contributed by atoms with Crippen molar-refractivity contribution in [2.75, 3.05) is 0 Å². The van der Waals surface area contributed by atoms with Gasteiger partial charge in [0.05, 0.1) is 0 Å². The number of hydrogen-bond donors (Lipinski definition) is 8. The van der Waals surface area contributed by atoms with Crippen molar-refractivity contribution in [1.82, 2.24) is 8.99 Å². The zero-order valence-corrected chi connectivity index (χ0v) is 12.2. The van der Waals surface area contributed by atoms with Gasteiger partial charge in [0, 0.05) is 0 Å². The van der Waals surface area contributed by atoms with Crippen molar-refractivity contribution in [3.63, 3.8) is 0 Å². The number of nitrogens with two attached hydrogens (primary N) is 2. The zero-order chi connectivity index (χ0) is 13.6. The maximum atomic E-state index is 9.66. The second kappa shape index (κ2) is 9.69. The minimum absolute atomic E-state index is 0. The van der Waals surface area contributed by atoms with Crippen LogP contribution in [0.15, 0.2) is 0 Å². The van der Waals surface area contributed by atoms with Crippen LogP contribution in [0.25, 0.3) is 0 Å². The molecule has 0 aliphatic carbocycles. The molecule has 0 rings (SSSR count). The topological polar surface area (TPSA) is 225 Å². The normalized spacial score (nSPS) is 14.9. The van der Waals surface area contributed by atoms with Crippen LogP contribution in [0.4, 0.5) is 0 Å². The fraction of sp³-hybridized carbons (Fsp3) is 0. The first-order chi connectivity index (χ1) is 6.83. The van der Waals surface area contributed by atoms with E-state index in [0.717, 1.165) is 0 Å². The average molecular weight is 354 g/mol. The molecule has 0 aromatic rings. The Balaban J connectivity index is -0.000000218. The van der Waals surface area contributed by atoms with Crippen LogP contribution in [-0.2, 0) is 20.6 Å². The molecule has 108 valence electrons. The van der Waals surface area contributed by atoms with Crippen LogP contribution in [0.2, 0.25) is 0 Å². The lowest BCUT2D eigenvalue weighted by molar-refractivity contribution is 0.474. The highest BCUT2D eigenvalue weighted by Gasteiger charge is 2.06. The molecule has 0 amide bonds. The van der Waals surface area contributed by atoms with E-state index in [2.05, 4.69) is 11.0 Å². The molecule has 0 bridgehead atoms. The smallest absolute Gasteiger partial charge is 0.339 e. The molecule has 0 aromatic heterocycles. The molecule has 10 N–H and O–H groups in total. The van der Waals surface area contributed by atoms with Crippen LogP contribution in [0.3, 0.4) is 0 Å². The van der Waals surface area contributed by atoms with E-state index in [1.54, 1.807) is 0 Å². The van der Waals surface area contributed by atoms with E-state index < -0.39 is 37.5 Å². The van der Waals surface area contributed by atoms with E-state index in [9.17, 15) is 16.8 Å². The quantitative estimate of drug-likeness (QED) is 0.191. The van der Waals surface area contributed by atoms with Gasteiger partial charge in [-0.1, -0.05) is 0 Å². The van der Waals surface area contributed by atoms with Gasteiger partial charge in [-0.25, -0.2) is 0 Å². The average Bonchev–Trinajstić information content (AvgIpc) is 1.72.